The van der Waals surface area contributed by atoms with Crippen molar-refractivity contribution < 1.29 is 9.53 Å². The number of nitrogens with one attached hydrogen (secondary N) is 1. The van der Waals surface area contributed by atoms with Crippen LogP contribution in [-0.2, 0) is 16.0 Å². The number of H-pyrrole nitrogens is 1. The molecule has 1 amide bonds. The summed E-state index contributed by atoms with van der Waals surface area (Å²) in [5, 5.41) is 9.14. The zero-order valence-corrected chi connectivity index (χ0v) is 20.0. The van der Waals surface area contributed by atoms with Crippen molar-refractivity contribution >= 4 is 11.6 Å². The Morgan fingerprint density at radius 2 is 2.03 bits per heavy atom. The van der Waals surface area contributed by atoms with E-state index in [0.29, 0.717) is 31.7 Å². The molecule has 0 bridgehead atoms. The molecule has 1 fully saturated rings. The summed E-state index contributed by atoms with van der Waals surface area (Å²) >= 11 is 0. The van der Waals surface area contributed by atoms with Gasteiger partial charge >= 0.3 is 0 Å². The molecule has 1 aliphatic heterocycles. The predicted molar refractivity (Wildman–Crippen MR) is 131 cm³/mol. The van der Waals surface area contributed by atoms with Gasteiger partial charge in [0.25, 0.3) is 0 Å². The average molecular weight is 458 g/mol. The van der Waals surface area contributed by atoms with Gasteiger partial charge in [-0.05, 0) is 61.6 Å². The number of amides is 1. The van der Waals surface area contributed by atoms with Crippen LogP contribution in [-0.4, -0.2) is 53.6 Å². The van der Waals surface area contributed by atoms with Gasteiger partial charge in [-0.15, -0.1) is 0 Å². The summed E-state index contributed by atoms with van der Waals surface area (Å²) in [6, 6.07) is 16.0. The number of nitrogens with zero attached hydrogens (tertiary/aromatic N) is 4. The van der Waals surface area contributed by atoms with Gasteiger partial charge in [-0.2, -0.15) is 5.26 Å². The Morgan fingerprint density at radius 1 is 1.24 bits per heavy atom. The van der Waals surface area contributed by atoms with E-state index in [1.807, 2.05) is 47.5 Å². The topological polar surface area (TPSA) is 85.2 Å². The monoisotopic (exact) mass is 457 g/mol. The SMILES string of the molecule is COCCC1CN(c2cccc(C)c2C)C(=O)CN1C(Cc1ccc(C#N)cc1)c1cnc[nH]1. The summed E-state index contributed by atoms with van der Waals surface area (Å²) in [7, 11) is 1.71. The van der Waals surface area contributed by atoms with Crippen LogP contribution in [0.25, 0.3) is 0 Å². The van der Waals surface area contributed by atoms with E-state index in [9.17, 15) is 4.79 Å². The lowest BCUT2D eigenvalue weighted by Crippen LogP contribution is -2.58. The Morgan fingerprint density at radius 3 is 2.71 bits per heavy atom. The third-order valence-electron chi connectivity index (χ3n) is 6.79. The number of benzene rings is 2. The van der Waals surface area contributed by atoms with E-state index in [1.54, 1.807) is 13.4 Å². The second-order valence-electron chi connectivity index (χ2n) is 8.87. The Kier molecular flexibility index (Phi) is 7.41. The van der Waals surface area contributed by atoms with Gasteiger partial charge in [0, 0.05) is 38.2 Å². The zero-order chi connectivity index (χ0) is 24.1. The molecule has 3 aromatic rings. The fourth-order valence-electron chi connectivity index (χ4n) is 4.72. The number of piperazine rings is 1. The minimum absolute atomic E-state index is 0.0537. The molecule has 2 heterocycles. The number of carbonyl (C=O) groups is 1. The van der Waals surface area contributed by atoms with Crippen molar-refractivity contribution in [3.05, 3.63) is 82.9 Å². The van der Waals surface area contributed by atoms with Gasteiger partial charge in [0.2, 0.25) is 5.91 Å². The fraction of sp³-hybridized carbons (Fsp3) is 0.370. The largest absolute Gasteiger partial charge is 0.385 e. The third-order valence-corrected chi connectivity index (χ3v) is 6.79. The first-order valence-corrected chi connectivity index (χ1v) is 11.6. The molecule has 0 aliphatic carbocycles. The van der Waals surface area contributed by atoms with E-state index in [0.717, 1.165) is 28.9 Å². The van der Waals surface area contributed by atoms with E-state index in [1.165, 1.54) is 5.56 Å². The number of methoxy groups -OCH3 is 1. The summed E-state index contributed by atoms with van der Waals surface area (Å²) < 4.78 is 5.44. The molecule has 1 aliphatic rings. The Balaban J connectivity index is 1.66. The first-order chi connectivity index (χ1) is 16.5. The van der Waals surface area contributed by atoms with Crippen LogP contribution < -0.4 is 4.90 Å². The minimum atomic E-state index is -0.0537. The van der Waals surface area contributed by atoms with Gasteiger partial charge in [-0.25, -0.2) is 4.98 Å². The van der Waals surface area contributed by atoms with E-state index in [4.69, 9.17) is 10.00 Å². The van der Waals surface area contributed by atoms with Gasteiger partial charge in [-0.1, -0.05) is 24.3 Å². The smallest absolute Gasteiger partial charge is 0.241 e. The maximum Gasteiger partial charge on any atom is 0.241 e. The molecular weight excluding hydrogens is 426 g/mol. The molecule has 7 heteroatoms. The molecule has 2 unspecified atom stereocenters. The van der Waals surface area contributed by atoms with Crippen molar-refractivity contribution in [2.75, 3.05) is 31.7 Å². The highest BCUT2D eigenvalue weighted by Gasteiger charge is 2.38. The molecule has 0 spiro atoms. The number of hydrogen-bond acceptors (Lipinski definition) is 5. The number of aromatic amines is 1. The van der Waals surface area contributed by atoms with Crippen LogP contribution in [0.4, 0.5) is 5.69 Å². The van der Waals surface area contributed by atoms with Crippen LogP contribution in [0.5, 0.6) is 0 Å². The van der Waals surface area contributed by atoms with Crippen LogP contribution in [0.2, 0.25) is 0 Å². The summed E-state index contributed by atoms with van der Waals surface area (Å²) in [6.07, 6.45) is 5.03. The zero-order valence-electron chi connectivity index (χ0n) is 20.0. The van der Waals surface area contributed by atoms with Crippen molar-refractivity contribution in [1.29, 1.82) is 5.26 Å². The number of carbonyl (C=O) groups excluding carboxylic acids is 1. The van der Waals surface area contributed by atoms with Crippen molar-refractivity contribution in [3.8, 4) is 6.07 Å². The molecule has 0 radical (unpaired) electrons. The Bertz CT molecular complexity index is 1150. The highest BCUT2D eigenvalue weighted by atomic mass is 16.5. The molecule has 2 atom stereocenters. The summed E-state index contributed by atoms with van der Waals surface area (Å²) in [4.78, 5) is 25.2. The lowest BCUT2D eigenvalue weighted by atomic mass is 9.96. The van der Waals surface area contributed by atoms with Gasteiger partial charge in [0.15, 0.2) is 0 Å². The van der Waals surface area contributed by atoms with E-state index < -0.39 is 0 Å². The number of aryl methyl sites for hydroxylation is 1. The van der Waals surface area contributed by atoms with Crippen LogP contribution in [0.15, 0.2) is 55.0 Å². The first kappa shape index (κ1) is 23.7. The van der Waals surface area contributed by atoms with Crippen LogP contribution >= 0.6 is 0 Å². The molecule has 176 valence electrons. The van der Waals surface area contributed by atoms with Crippen LogP contribution in [0.3, 0.4) is 0 Å². The molecule has 1 saturated heterocycles. The van der Waals surface area contributed by atoms with E-state index >= 15 is 0 Å². The van der Waals surface area contributed by atoms with Crippen LogP contribution in [0, 0.1) is 25.2 Å². The second kappa shape index (κ2) is 10.6. The molecule has 0 saturated carbocycles. The lowest BCUT2D eigenvalue weighted by molar-refractivity contribution is -0.124. The van der Waals surface area contributed by atoms with Gasteiger partial charge < -0.3 is 14.6 Å². The fourth-order valence-corrected chi connectivity index (χ4v) is 4.72. The van der Waals surface area contributed by atoms with Crippen molar-refractivity contribution in [1.82, 2.24) is 14.9 Å². The molecule has 34 heavy (non-hydrogen) atoms. The highest BCUT2D eigenvalue weighted by Crippen LogP contribution is 2.32. The number of nitriles is 1. The summed E-state index contributed by atoms with van der Waals surface area (Å²) in [5.74, 6) is 0.0895. The van der Waals surface area contributed by atoms with Crippen molar-refractivity contribution in [2.24, 2.45) is 0 Å². The van der Waals surface area contributed by atoms with Gasteiger partial charge in [0.05, 0.1) is 36.2 Å². The van der Waals surface area contributed by atoms with E-state index in [2.05, 4.69) is 40.9 Å². The maximum absolute atomic E-state index is 13.5. The molecule has 2 aromatic carbocycles. The second-order valence-corrected chi connectivity index (χ2v) is 8.87. The quantitative estimate of drug-likeness (QED) is 0.554. The lowest BCUT2D eigenvalue weighted by Gasteiger charge is -2.45. The molecule has 7 nitrogen and oxygen atoms in total. The van der Waals surface area contributed by atoms with E-state index in [-0.39, 0.29) is 18.0 Å². The van der Waals surface area contributed by atoms with Crippen molar-refractivity contribution in [2.45, 2.75) is 38.8 Å². The number of hydrogen-bond donors (Lipinski definition) is 1. The normalized spacial score (nSPS) is 17.5. The average Bonchev–Trinajstić information content (AvgIpc) is 3.39. The van der Waals surface area contributed by atoms with Gasteiger partial charge in [0.1, 0.15) is 0 Å². The predicted octanol–water partition coefficient (Wildman–Crippen LogP) is 3.94. The van der Waals surface area contributed by atoms with Crippen molar-refractivity contribution in [3.63, 3.8) is 0 Å². The number of ether oxygens (including phenoxy) is 1. The minimum Gasteiger partial charge on any atom is -0.385 e. The number of rotatable bonds is 8. The maximum atomic E-state index is 13.5. The number of aromatic nitrogens is 2. The Labute approximate surface area is 201 Å². The summed E-state index contributed by atoms with van der Waals surface area (Å²) in [6.45, 7) is 5.68. The summed E-state index contributed by atoms with van der Waals surface area (Å²) in [5.41, 5.74) is 6.01. The van der Waals surface area contributed by atoms with Crippen LogP contribution in [0.1, 0.15) is 40.4 Å². The standard InChI is InChI=1S/C27H31N5O2/c1-19-5-4-6-25(20(19)2)32-16-23(11-12-34-3)31(17-27(32)33)26(24-15-29-18-30-24)13-21-7-9-22(14-28)10-8-21/h4-10,15,18,23,26H,11-13,16-17H2,1-3H3,(H,29,30). The highest BCUT2D eigenvalue weighted by molar-refractivity contribution is 5.96. The van der Waals surface area contributed by atoms with Gasteiger partial charge in [-0.3, -0.25) is 9.69 Å². The molecular formula is C27H31N5O2. The Hall–Kier alpha value is -3.47. The number of imidazole rings is 1. The molecule has 1 aromatic heterocycles. The molecule has 1 N–H and O–H groups in total. The number of anilines is 1. The molecule has 4 rings (SSSR count). The first-order valence-electron chi connectivity index (χ1n) is 11.6. The third kappa shape index (κ3) is 5.04.